The third-order valence-electron chi connectivity index (χ3n) is 2.79. The summed E-state index contributed by atoms with van der Waals surface area (Å²) in [7, 11) is 1.61. The van der Waals surface area contributed by atoms with E-state index in [1.165, 1.54) is 4.88 Å². The van der Waals surface area contributed by atoms with E-state index in [2.05, 4.69) is 5.32 Å². The Morgan fingerprint density at radius 1 is 1.37 bits per heavy atom. The lowest BCUT2D eigenvalue weighted by atomic mass is 10.1. The fraction of sp³-hybridized carbons (Fsp3) is 0.214. The molecular formula is C14H16N2O2S. The van der Waals surface area contributed by atoms with Gasteiger partial charge in [-0.25, -0.2) is 0 Å². The smallest absolute Gasteiger partial charge is 0.239 e. The Balaban J connectivity index is 2.08. The lowest BCUT2D eigenvalue weighted by Gasteiger charge is -2.15. The molecule has 1 aromatic heterocycles. The molecule has 1 heterocycles. The van der Waals surface area contributed by atoms with Crippen LogP contribution >= 0.6 is 11.3 Å². The highest BCUT2D eigenvalue weighted by molar-refractivity contribution is 7.09. The number of hydrogen-bond donors (Lipinski definition) is 2. The molecule has 100 valence electrons. The number of rotatable bonds is 6. The monoisotopic (exact) mass is 276 g/mol. The highest BCUT2D eigenvalue weighted by Crippen LogP contribution is 2.18. The average molecular weight is 276 g/mol. The van der Waals surface area contributed by atoms with E-state index in [1.54, 1.807) is 18.4 Å². The Morgan fingerprint density at radius 2 is 2.11 bits per heavy atom. The van der Waals surface area contributed by atoms with Crippen LogP contribution in [0.1, 0.15) is 16.5 Å². The summed E-state index contributed by atoms with van der Waals surface area (Å²) < 4.78 is 5.09. The number of benzene rings is 1. The van der Waals surface area contributed by atoms with Gasteiger partial charge < -0.3 is 10.5 Å². The zero-order valence-corrected chi connectivity index (χ0v) is 11.4. The van der Waals surface area contributed by atoms with Crippen LogP contribution in [0.15, 0.2) is 41.8 Å². The molecule has 0 bridgehead atoms. The number of carbonyl (C=O) groups excluding carboxylic acids is 1. The van der Waals surface area contributed by atoms with Crippen molar-refractivity contribution in [3.63, 3.8) is 0 Å². The maximum atomic E-state index is 11.5. The molecule has 0 aliphatic carbocycles. The summed E-state index contributed by atoms with van der Waals surface area (Å²) in [6.45, 7) is 0.622. The van der Waals surface area contributed by atoms with Crippen LogP contribution < -0.4 is 15.8 Å². The Hall–Kier alpha value is -1.85. The minimum absolute atomic E-state index is 0.387. The molecule has 19 heavy (non-hydrogen) atoms. The number of hydrogen-bond acceptors (Lipinski definition) is 4. The maximum absolute atomic E-state index is 11.5. The number of ether oxygens (including phenoxy) is 1. The van der Waals surface area contributed by atoms with Crippen LogP contribution in [-0.4, -0.2) is 13.0 Å². The summed E-state index contributed by atoms with van der Waals surface area (Å²) in [5.74, 6) is 0.368. The lowest BCUT2D eigenvalue weighted by molar-refractivity contribution is -0.120. The number of nitrogens with one attached hydrogen (secondary N) is 1. The highest BCUT2D eigenvalue weighted by Gasteiger charge is 2.17. The molecule has 3 N–H and O–H groups in total. The van der Waals surface area contributed by atoms with Crippen LogP contribution in [0.3, 0.4) is 0 Å². The molecule has 0 radical (unpaired) electrons. The molecule has 0 aliphatic rings. The first-order valence-electron chi connectivity index (χ1n) is 5.89. The minimum Gasteiger partial charge on any atom is -0.497 e. The molecule has 2 rings (SSSR count). The summed E-state index contributed by atoms with van der Waals surface area (Å²) in [6, 6.07) is 10.8. The second-order valence-corrected chi connectivity index (χ2v) is 5.10. The lowest BCUT2D eigenvalue weighted by Crippen LogP contribution is -2.33. The highest BCUT2D eigenvalue weighted by atomic mass is 32.1. The molecule has 0 saturated heterocycles. The van der Waals surface area contributed by atoms with E-state index >= 15 is 0 Å². The van der Waals surface area contributed by atoms with Gasteiger partial charge in [0.2, 0.25) is 5.91 Å². The zero-order chi connectivity index (χ0) is 13.7. The zero-order valence-electron chi connectivity index (χ0n) is 10.6. The Labute approximate surface area is 116 Å². The molecule has 1 aromatic carbocycles. The Bertz CT molecular complexity index is 523. The molecule has 1 amide bonds. The van der Waals surface area contributed by atoms with Crippen LogP contribution in [0.25, 0.3) is 0 Å². The number of thiophene rings is 1. The van der Waals surface area contributed by atoms with Crippen LogP contribution in [0, 0.1) is 0 Å². The molecule has 0 aliphatic heterocycles. The van der Waals surface area contributed by atoms with Crippen molar-refractivity contribution >= 4 is 17.2 Å². The molecule has 5 heteroatoms. The standard InChI is InChI=1S/C14H16N2O2S/c1-18-11-6-4-10(5-7-11)13(14(15)17)16-9-12-3-2-8-19-12/h2-8,13,16H,9H2,1H3,(H2,15,17). The fourth-order valence-electron chi connectivity index (χ4n) is 1.79. The SMILES string of the molecule is COc1ccc(C(NCc2cccs2)C(N)=O)cc1. The van der Waals surface area contributed by atoms with E-state index in [1.807, 2.05) is 41.8 Å². The summed E-state index contributed by atoms with van der Waals surface area (Å²) >= 11 is 1.64. The summed E-state index contributed by atoms with van der Waals surface area (Å²) in [5.41, 5.74) is 6.29. The van der Waals surface area contributed by atoms with Gasteiger partial charge in [-0.2, -0.15) is 0 Å². The second kappa shape index (κ2) is 6.36. The van der Waals surface area contributed by atoms with Crippen LogP contribution in [0.4, 0.5) is 0 Å². The molecule has 0 saturated carbocycles. The normalized spacial score (nSPS) is 12.1. The predicted molar refractivity (Wildman–Crippen MR) is 76.1 cm³/mol. The van der Waals surface area contributed by atoms with Crippen molar-refractivity contribution in [1.29, 1.82) is 0 Å². The van der Waals surface area contributed by atoms with E-state index in [9.17, 15) is 4.79 Å². The van der Waals surface area contributed by atoms with Gasteiger partial charge in [0, 0.05) is 11.4 Å². The first-order valence-corrected chi connectivity index (χ1v) is 6.77. The topological polar surface area (TPSA) is 64.3 Å². The summed E-state index contributed by atoms with van der Waals surface area (Å²) in [6.07, 6.45) is 0. The quantitative estimate of drug-likeness (QED) is 0.849. The van der Waals surface area contributed by atoms with Gasteiger partial charge in [0.25, 0.3) is 0 Å². The second-order valence-electron chi connectivity index (χ2n) is 4.07. The van der Waals surface area contributed by atoms with Gasteiger partial charge in [0.15, 0.2) is 0 Å². The summed E-state index contributed by atoms with van der Waals surface area (Å²) in [5, 5.41) is 5.17. The van der Waals surface area contributed by atoms with Gasteiger partial charge in [-0.15, -0.1) is 11.3 Å². The van der Waals surface area contributed by atoms with Gasteiger partial charge in [-0.1, -0.05) is 18.2 Å². The number of amides is 1. The van der Waals surface area contributed by atoms with Crippen molar-refractivity contribution in [2.45, 2.75) is 12.6 Å². The van der Waals surface area contributed by atoms with Crippen molar-refractivity contribution in [2.75, 3.05) is 7.11 Å². The van der Waals surface area contributed by atoms with Gasteiger partial charge in [-0.05, 0) is 29.1 Å². The predicted octanol–water partition coefficient (Wildman–Crippen LogP) is 2.07. The van der Waals surface area contributed by atoms with Crippen molar-refractivity contribution < 1.29 is 9.53 Å². The van der Waals surface area contributed by atoms with E-state index < -0.39 is 6.04 Å². The Kier molecular flexibility index (Phi) is 4.54. The third kappa shape index (κ3) is 3.56. The maximum Gasteiger partial charge on any atom is 0.239 e. The number of nitrogens with two attached hydrogens (primary N) is 1. The van der Waals surface area contributed by atoms with Crippen molar-refractivity contribution in [3.05, 3.63) is 52.2 Å². The summed E-state index contributed by atoms with van der Waals surface area (Å²) in [4.78, 5) is 12.7. The van der Waals surface area contributed by atoms with Crippen molar-refractivity contribution in [1.82, 2.24) is 5.32 Å². The van der Waals surface area contributed by atoms with E-state index in [0.29, 0.717) is 6.54 Å². The molecule has 1 atom stereocenters. The molecule has 4 nitrogen and oxygen atoms in total. The third-order valence-corrected chi connectivity index (χ3v) is 3.67. The number of methoxy groups -OCH3 is 1. The number of carbonyl (C=O) groups is 1. The Morgan fingerprint density at radius 3 is 2.63 bits per heavy atom. The fourth-order valence-corrected chi connectivity index (χ4v) is 2.45. The van der Waals surface area contributed by atoms with Crippen LogP contribution in [0.2, 0.25) is 0 Å². The minimum atomic E-state index is -0.493. The van der Waals surface area contributed by atoms with Gasteiger partial charge in [-0.3, -0.25) is 10.1 Å². The average Bonchev–Trinajstić information content (AvgIpc) is 2.92. The molecule has 0 fully saturated rings. The first-order chi connectivity index (χ1) is 9.20. The largest absolute Gasteiger partial charge is 0.497 e. The molecular weight excluding hydrogens is 260 g/mol. The van der Waals surface area contributed by atoms with Gasteiger partial charge in [0.05, 0.1) is 7.11 Å². The van der Waals surface area contributed by atoms with Crippen LogP contribution in [-0.2, 0) is 11.3 Å². The van der Waals surface area contributed by atoms with Crippen molar-refractivity contribution in [2.24, 2.45) is 5.73 Å². The van der Waals surface area contributed by atoms with Gasteiger partial charge >= 0.3 is 0 Å². The number of primary amides is 1. The molecule has 0 spiro atoms. The van der Waals surface area contributed by atoms with E-state index in [-0.39, 0.29) is 5.91 Å². The van der Waals surface area contributed by atoms with Gasteiger partial charge in [0.1, 0.15) is 11.8 Å². The first kappa shape index (κ1) is 13.6. The molecule has 1 unspecified atom stereocenters. The van der Waals surface area contributed by atoms with E-state index in [0.717, 1.165) is 11.3 Å². The van der Waals surface area contributed by atoms with E-state index in [4.69, 9.17) is 10.5 Å². The van der Waals surface area contributed by atoms with Crippen LogP contribution in [0.5, 0.6) is 5.75 Å². The van der Waals surface area contributed by atoms with Crippen molar-refractivity contribution in [3.8, 4) is 5.75 Å². The molecule has 2 aromatic rings.